The van der Waals surface area contributed by atoms with Gasteiger partial charge in [0.1, 0.15) is 6.61 Å². The molecule has 0 saturated carbocycles. The van der Waals surface area contributed by atoms with Crippen LogP contribution in [0.1, 0.15) is 5.56 Å². The van der Waals surface area contributed by atoms with E-state index in [-0.39, 0.29) is 12.5 Å². The summed E-state index contributed by atoms with van der Waals surface area (Å²) in [6.07, 6.45) is 9.02. The predicted molar refractivity (Wildman–Crippen MR) is 121 cm³/mol. The third-order valence-electron chi connectivity index (χ3n) is 3.90. The van der Waals surface area contributed by atoms with Crippen molar-refractivity contribution in [1.82, 2.24) is 0 Å². The Labute approximate surface area is 178 Å². The first kappa shape index (κ1) is 20.3. The lowest BCUT2D eigenvalue weighted by Crippen LogP contribution is -2.27. The van der Waals surface area contributed by atoms with Crippen LogP contribution in [0.25, 0.3) is 6.08 Å². The van der Waals surface area contributed by atoms with Crippen LogP contribution in [0.15, 0.2) is 52.3 Å². The van der Waals surface area contributed by atoms with E-state index in [2.05, 4.69) is 5.92 Å². The van der Waals surface area contributed by atoms with E-state index in [1.165, 1.54) is 11.8 Å². The standard InChI is InChI=1S/C21H17NO3S3/c1-4-10-25-17-9-8-14(11-18(17)24-2)12-19-20(23)22(21(26)28-19)15-6-5-7-16(13-15)27-3/h1,5-9,11-13H,10H2,2-3H3/b19-12-. The number of terminal acetylenes is 1. The monoisotopic (exact) mass is 427 g/mol. The van der Waals surface area contributed by atoms with Crippen molar-refractivity contribution in [2.45, 2.75) is 4.90 Å². The summed E-state index contributed by atoms with van der Waals surface area (Å²) in [5.41, 5.74) is 1.58. The highest BCUT2D eigenvalue weighted by molar-refractivity contribution is 8.27. The fourth-order valence-corrected chi connectivity index (χ4v) is 4.36. The number of methoxy groups -OCH3 is 1. The Morgan fingerprint density at radius 3 is 2.82 bits per heavy atom. The fourth-order valence-electron chi connectivity index (χ4n) is 2.60. The van der Waals surface area contributed by atoms with Crippen LogP contribution >= 0.6 is 35.7 Å². The lowest BCUT2D eigenvalue weighted by Gasteiger charge is -2.15. The Balaban J connectivity index is 1.88. The molecule has 0 radical (unpaired) electrons. The first-order valence-corrected chi connectivity index (χ1v) is 10.7. The van der Waals surface area contributed by atoms with Crippen molar-refractivity contribution in [3.05, 3.63) is 52.9 Å². The van der Waals surface area contributed by atoms with Gasteiger partial charge in [0.25, 0.3) is 5.91 Å². The number of nitrogens with zero attached hydrogens (tertiary/aromatic N) is 1. The van der Waals surface area contributed by atoms with Crippen LogP contribution in [0, 0.1) is 12.3 Å². The average Bonchev–Trinajstić information content (AvgIpc) is 2.99. The van der Waals surface area contributed by atoms with E-state index in [9.17, 15) is 4.79 Å². The fraction of sp³-hybridized carbons (Fsp3) is 0.143. The minimum atomic E-state index is -0.139. The molecule has 0 N–H and O–H groups in total. The number of ether oxygens (including phenoxy) is 2. The van der Waals surface area contributed by atoms with E-state index < -0.39 is 0 Å². The molecule has 0 unspecified atom stereocenters. The van der Waals surface area contributed by atoms with Crippen molar-refractivity contribution in [3.63, 3.8) is 0 Å². The maximum Gasteiger partial charge on any atom is 0.270 e. The summed E-state index contributed by atoms with van der Waals surface area (Å²) in [7, 11) is 1.56. The smallest absolute Gasteiger partial charge is 0.270 e. The highest BCUT2D eigenvalue weighted by Gasteiger charge is 2.33. The quantitative estimate of drug-likeness (QED) is 0.284. The molecule has 1 fully saturated rings. The van der Waals surface area contributed by atoms with E-state index >= 15 is 0 Å². The largest absolute Gasteiger partial charge is 0.493 e. The molecule has 2 aromatic rings. The van der Waals surface area contributed by atoms with Gasteiger partial charge in [-0.2, -0.15) is 0 Å². The second-order valence-electron chi connectivity index (χ2n) is 5.62. The van der Waals surface area contributed by atoms with Crippen LogP contribution in [0.3, 0.4) is 0 Å². The molecule has 28 heavy (non-hydrogen) atoms. The van der Waals surface area contributed by atoms with Gasteiger partial charge in [-0.1, -0.05) is 42.0 Å². The molecular formula is C21H17NO3S3. The summed E-state index contributed by atoms with van der Waals surface area (Å²) in [5.74, 6) is 3.38. The van der Waals surface area contributed by atoms with Gasteiger partial charge in [-0.3, -0.25) is 9.69 Å². The number of carbonyl (C=O) groups is 1. The highest BCUT2D eigenvalue weighted by atomic mass is 32.2. The van der Waals surface area contributed by atoms with Gasteiger partial charge >= 0.3 is 0 Å². The van der Waals surface area contributed by atoms with Gasteiger partial charge in [-0.15, -0.1) is 18.2 Å². The van der Waals surface area contributed by atoms with Crippen molar-refractivity contribution in [3.8, 4) is 23.8 Å². The van der Waals surface area contributed by atoms with Gasteiger partial charge in [0.15, 0.2) is 15.8 Å². The molecule has 0 aromatic heterocycles. The van der Waals surface area contributed by atoms with Crippen LogP contribution in [-0.2, 0) is 4.79 Å². The molecule has 1 heterocycles. The summed E-state index contributed by atoms with van der Waals surface area (Å²) in [6, 6.07) is 13.2. The van der Waals surface area contributed by atoms with Gasteiger partial charge < -0.3 is 9.47 Å². The third kappa shape index (κ3) is 4.36. The molecule has 1 aliphatic heterocycles. The SMILES string of the molecule is C#CCOc1ccc(/C=C2\SC(=S)N(c3cccc(SC)c3)C2=O)cc1OC. The van der Waals surface area contributed by atoms with Crippen molar-refractivity contribution in [2.75, 3.05) is 24.9 Å². The van der Waals surface area contributed by atoms with E-state index in [1.54, 1.807) is 42.0 Å². The molecular weight excluding hydrogens is 410 g/mol. The van der Waals surface area contributed by atoms with Crippen LogP contribution in [0.5, 0.6) is 11.5 Å². The number of rotatable bonds is 6. The Hall–Kier alpha value is -2.40. The van der Waals surface area contributed by atoms with Crippen LogP contribution in [-0.4, -0.2) is 30.2 Å². The summed E-state index contributed by atoms with van der Waals surface area (Å²) < 4.78 is 11.3. The Kier molecular flexibility index (Phi) is 6.68. The molecule has 7 heteroatoms. The van der Waals surface area contributed by atoms with Crippen molar-refractivity contribution >= 4 is 57.7 Å². The molecule has 1 amide bonds. The summed E-state index contributed by atoms with van der Waals surface area (Å²) in [6.45, 7) is 0.156. The minimum Gasteiger partial charge on any atom is -0.493 e. The lowest BCUT2D eigenvalue weighted by atomic mass is 10.2. The van der Waals surface area contributed by atoms with E-state index in [0.29, 0.717) is 20.7 Å². The molecule has 142 valence electrons. The number of amides is 1. The summed E-state index contributed by atoms with van der Waals surface area (Å²) in [4.78, 5) is 16.1. The Bertz CT molecular complexity index is 995. The zero-order valence-electron chi connectivity index (χ0n) is 15.3. The molecule has 0 spiro atoms. The number of thioether (sulfide) groups is 2. The third-order valence-corrected chi connectivity index (χ3v) is 5.93. The molecule has 1 saturated heterocycles. The molecule has 0 aliphatic carbocycles. The first-order chi connectivity index (χ1) is 13.6. The molecule has 3 rings (SSSR count). The van der Waals surface area contributed by atoms with Crippen molar-refractivity contribution in [1.29, 1.82) is 0 Å². The zero-order chi connectivity index (χ0) is 20.1. The number of hydrogen-bond acceptors (Lipinski definition) is 6. The molecule has 0 bridgehead atoms. The second kappa shape index (κ2) is 9.20. The topological polar surface area (TPSA) is 38.8 Å². The van der Waals surface area contributed by atoms with E-state index in [0.717, 1.165) is 16.1 Å². The van der Waals surface area contributed by atoms with E-state index in [1.807, 2.05) is 36.6 Å². The van der Waals surface area contributed by atoms with Gasteiger partial charge in [0.05, 0.1) is 17.7 Å². The van der Waals surface area contributed by atoms with Gasteiger partial charge in [0.2, 0.25) is 0 Å². The molecule has 1 aliphatic rings. The highest BCUT2D eigenvalue weighted by Crippen LogP contribution is 2.38. The van der Waals surface area contributed by atoms with Crippen LogP contribution in [0.4, 0.5) is 5.69 Å². The normalized spacial score (nSPS) is 15.0. The van der Waals surface area contributed by atoms with E-state index in [4.69, 9.17) is 28.1 Å². The maximum atomic E-state index is 12.9. The predicted octanol–water partition coefficient (Wildman–Crippen LogP) is 4.83. The van der Waals surface area contributed by atoms with Crippen molar-refractivity contribution in [2.24, 2.45) is 0 Å². The number of carbonyl (C=O) groups excluding carboxylic acids is 1. The molecule has 2 aromatic carbocycles. The Morgan fingerprint density at radius 2 is 2.11 bits per heavy atom. The lowest BCUT2D eigenvalue weighted by molar-refractivity contribution is -0.113. The minimum absolute atomic E-state index is 0.139. The average molecular weight is 428 g/mol. The molecule has 4 nitrogen and oxygen atoms in total. The second-order valence-corrected chi connectivity index (χ2v) is 8.18. The van der Waals surface area contributed by atoms with Crippen molar-refractivity contribution < 1.29 is 14.3 Å². The summed E-state index contributed by atoms with van der Waals surface area (Å²) in [5, 5.41) is 0. The maximum absolute atomic E-state index is 12.9. The number of thiocarbonyl (C=S) groups is 1. The van der Waals surface area contributed by atoms with Gasteiger partial charge in [-0.25, -0.2) is 0 Å². The summed E-state index contributed by atoms with van der Waals surface area (Å²) >= 11 is 8.34. The zero-order valence-corrected chi connectivity index (χ0v) is 17.7. The van der Waals surface area contributed by atoms with Crippen LogP contribution in [0.2, 0.25) is 0 Å². The first-order valence-electron chi connectivity index (χ1n) is 8.23. The molecule has 0 atom stereocenters. The number of benzene rings is 2. The Morgan fingerprint density at radius 1 is 1.29 bits per heavy atom. The van der Waals surface area contributed by atoms with Gasteiger partial charge in [-0.05, 0) is 48.2 Å². The number of anilines is 1. The van der Waals surface area contributed by atoms with Gasteiger partial charge in [0, 0.05) is 4.90 Å². The number of hydrogen-bond donors (Lipinski definition) is 0. The van der Waals surface area contributed by atoms with Crippen LogP contribution < -0.4 is 14.4 Å².